The molecule has 27 heavy (non-hydrogen) atoms. The van der Waals surface area contributed by atoms with Crippen LogP contribution in [0.25, 0.3) is 0 Å². The number of hydrogen-bond donors (Lipinski definition) is 4. The van der Waals surface area contributed by atoms with E-state index < -0.39 is 18.0 Å². The molecule has 8 nitrogen and oxygen atoms in total. The van der Waals surface area contributed by atoms with E-state index in [9.17, 15) is 19.8 Å². The molecule has 8 heteroatoms. The Morgan fingerprint density at radius 1 is 1.19 bits per heavy atom. The molecule has 0 aliphatic carbocycles. The summed E-state index contributed by atoms with van der Waals surface area (Å²) >= 11 is 0. The van der Waals surface area contributed by atoms with Gasteiger partial charge in [-0.15, -0.1) is 0 Å². The van der Waals surface area contributed by atoms with Gasteiger partial charge in [-0.05, 0) is 24.6 Å². The van der Waals surface area contributed by atoms with Gasteiger partial charge in [-0.1, -0.05) is 30.3 Å². The molecular weight excluding hydrogens is 350 g/mol. The molecule has 0 bridgehead atoms. The fourth-order valence-electron chi connectivity index (χ4n) is 2.30. The molecule has 1 atom stereocenters. The average Bonchev–Trinajstić information content (AvgIpc) is 2.64. The summed E-state index contributed by atoms with van der Waals surface area (Å²) in [6.45, 7) is 1.91. The van der Waals surface area contributed by atoms with Gasteiger partial charge in [-0.3, -0.25) is 4.79 Å². The smallest absolute Gasteiger partial charge is 0.407 e. The number of hydrazone groups is 1. The Kier molecular flexibility index (Phi) is 7.18. The lowest BCUT2D eigenvalue weighted by atomic mass is 10.0. The van der Waals surface area contributed by atoms with Gasteiger partial charge in [-0.2, -0.15) is 5.10 Å². The number of phenolic OH excluding ortho intramolecular Hbond substituents is 2. The number of aromatic hydroxyl groups is 2. The number of rotatable bonds is 7. The van der Waals surface area contributed by atoms with E-state index in [1.807, 2.05) is 6.07 Å². The lowest BCUT2D eigenvalue weighted by Gasteiger charge is -2.18. The molecule has 0 fully saturated rings. The normalized spacial score (nSPS) is 11.7. The van der Waals surface area contributed by atoms with Gasteiger partial charge in [0.05, 0.1) is 25.3 Å². The minimum absolute atomic E-state index is 0.0538. The highest BCUT2D eigenvalue weighted by Crippen LogP contribution is 2.21. The van der Waals surface area contributed by atoms with Crippen molar-refractivity contribution >= 4 is 18.2 Å². The predicted octanol–water partition coefficient (Wildman–Crippen LogP) is 2.43. The van der Waals surface area contributed by atoms with Crippen LogP contribution < -0.4 is 10.7 Å². The number of hydrogen-bond acceptors (Lipinski definition) is 6. The lowest BCUT2D eigenvalue weighted by molar-refractivity contribution is -0.121. The Morgan fingerprint density at radius 2 is 1.93 bits per heavy atom. The summed E-state index contributed by atoms with van der Waals surface area (Å²) in [6, 6.07) is 12.5. The SMILES string of the molecule is CCOC(=O)N[C@@H](CC(=O)N/N=C\c1ccc(O)cc1O)c1ccccc1. The van der Waals surface area contributed by atoms with Crippen molar-refractivity contribution in [2.24, 2.45) is 5.10 Å². The Bertz CT molecular complexity index is 808. The molecule has 2 aromatic rings. The van der Waals surface area contributed by atoms with Crippen LogP contribution in [0.5, 0.6) is 11.5 Å². The summed E-state index contributed by atoms with van der Waals surface area (Å²) < 4.78 is 4.88. The molecule has 142 valence electrons. The molecule has 2 rings (SSSR count). The number of nitrogens with zero attached hydrogens (tertiary/aromatic N) is 1. The number of amides is 2. The van der Waals surface area contributed by atoms with Crippen molar-refractivity contribution in [3.8, 4) is 11.5 Å². The van der Waals surface area contributed by atoms with Gasteiger partial charge >= 0.3 is 6.09 Å². The average molecular weight is 371 g/mol. The second kappa shape index (κ2) is 9.81. The zero-order valence-electron chi connectivity index (χ0n) is 14.8. The number of benzene rings is 2. The largest absolute Gasteiger partial charge is 0.508 e. The maximum absolute atomic E-state index is 12.2. The molecule has 0 saturated heterocycles. The zero-order valence-corrected chi connectivity index (χ0v) is 14.8. The fourth-order valence-corrected chi connectivity index (χ4v) is 2.30. The van der Waals surface area contributed by atoms with E-state index in [1.165, 1.54) is 18.3 Å². The van der Waals surface area contributed by atoms with Crippen molar-refractivity contribution in [2.45, 2.75) is 19.4 Å². The molecule has 0 heterocycles. The zero-order chi connectivity index (χ0) is 19.6. The summed E-state index contributed by atoms with van der Waals surface area (Å²) in [6.07, 6.45) is 0.585. The summed E-state index contributed by atoms with van der Waals surface area (Å²) in [5, 5.41) is 25.4. The molecule has 0 spiro atoms. The van der Waals surface area contributed by atoms with Gasteiger partial charge in [0.25, 0.3) is 0 Å². The Hall–Kier alpha value is -3.55. The van der Waals surface area contributed by atoms with Gasteiger partial charge in [0, 0.05) is 11.6 Å². The van der Waals surface area contributed by atoms with Gasteiger partial charge in [0.2, 0.25) is 5.91 Å². The van der Waals surface area contributed by atoms with Gasteiger partial charge in [0.15, 0.2) is 0 Å². The number of nitrogens with one attached hydrogen (secondary N) is 2. The summed E-state index contributed by atoms with van der Waals surface area (Å²) in [5.74, 6) is -0.682. The third kappa shape index (κ3) is 6.35. The van der Waals surface area contributed by atoms with Crippen LogP contribution in [0.2, 0.25) is 0 Å². The number of carbonyl (C=O) groups excluding carboxylic acids is 2. The Morgan fingerprint density at radius 3 is 2.59 bits per heavy atom. The monoisotopic (exact) mass is 371 g/mol. The van der Waals surface area contributed by atoms with E-state index in [0.717, 1.165) is 11.6 Å². The first-order valence-corrected chi connectivity index (χ1v) is 8.31. The van der Waals surface area contributed by atoms with Crippen LogP contribution in [0.3, 0.4) is 0 Å². The maximum atomic E-state index is 12.2. The van der Waals surface area contributed by atoms with E-state index in [4.69, 9.17) is 4.74 Å². The highest BCUT2D eigenvalue weighted by atomic mass is 16.5. The topological polar surface area (TPSA) is 120 Å². The quantitative estimate of drug-likeness (QED) is 0.440. The molecule has 0 saturated carbocycles. The standard InChI is InChI=1S/C19H21N3O5/c1-2-27-19(26)21-16(13-6-4-3-5-7-13)11-18(25)22-20-12-14-8-9-15(23)10-17(14)24/h3-10,12,16,23-24H,2,11H2,1H3,(H,21,26)(H,22,25)/b20-12-/t16-/m0/s1. The molecule has 0 unspecified atom stereocenters. The first-order valence-electron chi connectivity index (χ1n) is 8.31. The third-order valence-corrected chi connectivity index (χ3v) is 3.57. The molecule has 0 aliphatic rings. The number of carbonyl (C=O) groups is 2. The lowest BCUT2D eigenvalue weighted by Crippen LogP contribution is -2.33. The first-order chi connectivity index (χ1) is 13.0. The van der Waals surface area contributed by atoms with Crippen LogP contribution in [0, 0.1) is 0 Å². The molecule has 0 aliphatic heterocycles. The van der Waals surface area contributed by atoms with Crippen molar-refractivity contribution in [1.82, 2.24) is 10.7 Å². The highest BCUT2D eigenvalue weighted by molar-refractivity contribution is 5.85. The third-order valence-electron chi connectivity index (χ3n) is 3.57. The van der Waals surface area contributed by atoms with Crippen LogP contribution in [-0.2, 0) is 9.53 Å². The van der Waals surface area contributed by atoms with Crippen LogP contribution in [0.15, 0.2) is 53.6 Å². The fraction of sp³-hybridized carbons (Fsp3) is 0.211. The van der Waals surface area contributed by atoms with Crippen LogP contribution in [0.1, 0.15) is 30.5 Å². The minimum Gasteiger partial charge on any atom is -0.508 e. The summed E-state index contributed by atoms with van der Waals surface area (Å²) in [4.78, 5) is 23.9. The Labute approximate surface area is 156 Å². The van der Waals surface area contributed by atoms with Crippen LogP contribution in [-0.4, -0.2) is 35.0 Å². The minimum atomic E-state index is -0.614. The van der Waals surface area contributed by atoms with Crippen molar-refractivity contribution in [3.05, 3.63) is 59.7 Å². The molecule has 4 N–H and O–H groups in total. The second-order valence-corrected chi connectivity index (χ2v) is 5.57. The number of ether oxygens (including phenoxy) is 1. The van der Waals surface area contributed by atoms with Crippen molar-refractivity contribution in [1.29, 1.82) is 0 Å². The van der Waals surface area contributed by atoms with Gasteiger partial charge in [0.1, 0.15) is 11.5 Å². The summed E-state index contributed by atoms with van der Waals surface area (Å²) in [7, 11) is 0. The number of alkyl carbamates (subject to hydrolysis) is 1. The van der Waals surface area contributed by atoms with Crippen LogP contribution >= 0.6 is 0 Å². The van der Waals surface area contributed by atoms with Gasteiger partial charge < -0.3 is 20.3 Å². The molecule has 2 aromatic carbocycles. The van der Waals surface area contributed by atoms with Gasteiger partial charge in [-0.25, -0.2) is 10.2 Å². The van der Waals surface area contributed by atoms with E-state index in [1.54, 1.807) is 31.2 Å². The molecule has 0 aromatic heterocycles. The maximum Gasteiger partial charge on any atom is 0.407 e. The molecule has 0 radical (unpaired) electrons. The van der Waals surface area contributed by atoms with E-state index in [2.05, 4.69) is 15.8 Å². The van der Waals surface area contributed by atoms with Crippen LogP contribution in [0.4, 0.5) is 4.79 Å². The van der Waals surface area contributed by atoms with Crippen molar-refractivity contribution in [3.63, 3.8) is 0 Å². The van der Waals surface area contributed by atoms with Crippen molar-refractivity contribution < 1.29 is 24.5 Å². The number of phenols is 2. The second-order valence-electron chi connectivity index (χ2n) is 5.57. The first kappa shape index (κ1) is 19.8. The molecular formula is C19H21N3O5. The van der Waals surface area contributed by atoms with E-state index in [-0.39, 0.29) is 24.5 Å². The summed E-state index contributed by atoms with van der Waals surface area (Å²) in [5.41, 5.74) is 3.42. The predicted molar refractivity (Wildman–Crippen MR) is 99.5 cm³/mol. The van der Waals surface area contributed by atoms with E-state index in [0.29, 0.717) is 5.56 Å². The molecule has 2 amide bonds. The highest BCUT2D eigenvalue weighted by Gasteiger charge is 2.18. The van der Waals surface area contributed by atoms with Crippen molar-refractivity contribution in [2.75, 3.05) is 6.61 Å². The van der Waals surface area contributed by atoms with E-state index >= 15 is 0 Å². The Balaban J connectivity index is 2.00.